The topological polar surface area (TPSA) is 88.1 Å². The summed E-state index contributed by atoms with van der Waals surface area (Å²) >= 11 is 0. The lowest BCUT2D eigenvalue weighted by atomic mass is 10.0. The van der Waals surface area contributed by atoms with Crippen molar-refractivity contribution in [2.75, 3.05) is 13.2 Å². The Labute approximate surface area is 255 Å². The highest BCUT2D eigenvalue weighted by molar-refractivity contribution is 5.91. The lowest BCUT2D eigenvalue weighted by Crippen LogP contribution is -2.31. The van der Waals surface area contributed by atoms with Crippen molar-refractivity contribution in [3.8, 4) is 11.5 Å². The average molecular weight is 587 g/mol. The van der Waals surface area contributed by atoms with Crippen molar-refractivity contribution >= 4 is 17.9 Å². The zero-order valence-electron chi connectivity index (χ0n) is 23.8. The summed E-state index contributed by atoms with van der Waals surface area (Å²) in [7, 11) is 0. The second-order valence-corrected chi connectivity index (χ2v) is 9.89. The summed E-state index contributed by atoms with van der Waals surface area (Å²) in [6, 6.07) is 41.3. The molecule has 0 spiro atoms. The second-order valence-electron chi connectivity index (χ2n) is 9.89. The molecule has 0 N–H and O–H groups in total. The smallest absolute Gasteiger partial charge is 0.338 e. The maximum atomic E-state index is 12.8. The van der Waals surface area contributed by atoms with E-state index in [0.29, 0.717) is 22.6 Å². The third kappa shape index (κ3) is 8.66. The SMILES string of the molecule is O=C(OCC(COC(=O)c1ccc(Oc2ccccc2)cc1)OC(=O)c1ccccc1)c1ccc(Cc2ccccc2)cc1. The van der Waals surface area contributed by atoms with Crippen LogP contribution >= 0.6 is 0 Å². The van der Waals surface area contributed by atoms with Crippen molar-refractivity contribution in [3.63, 3.8) is 0 Å². The van der Waals surface area contributed by atoms with Crippen LogP contribution in [0.3, 0.4) is 0 Å². The Morgan fingerprint density at radius 3 is 1.45 bits per heavy atom. The molecule has 5 aromatic rings. The molecule has 1 unspecified atom stereocenters. The number of hydrogen-bond acceptors (Lipinski definition) is 7. The van der Waals surface area contributed by atoms with Gasteiger partial charge in [0.05, 0.1) is 16.7 Å². The van der Waals surface area contributed by atoms with E-state index in [0.717, 1.165) is 17.5 Å². The van der Waals surface area contributed by atoms with Crippen molar-refractivity contribution in [3.05, 3.63) is 167 Å². The van der Waals surface area contributed by atoms with Crippen molar-refractivity contribution in [1.82, 2.24) is 0 Å². The summed E-state index contributed by atoms with van der Waals surface area (Å²) in [5, 5.41) is 0. The van der Waals surface area contributed by atoms with Crippen LogP contribution in [0.15, 0.2) is 140 Å². The van der Waals surface area contributed by atoms with Gasteiger partial charge in [-0.15, -0.1) is 0 Å². The van der Waals surface area contributed by atoms with Crippen LogP contribution in [0.25, 0.3) is 0 Å². The molecule has 0 fully saturated rings. The van der Waals surface area contributed by atoms with Gasteiger partial charge in [-0.3, -0.25) is 0 Å². The maximum absolute atomic E-state index is 12.8. The minimum Gasteiger partial charge on any atom is -0.458 e. The Balaban J connectivity index is 1.19. The average Bonchev–Trinajstić information content (AvgIpc) is 3.07. The zero-order chi connectivity index (χ0) is 30.6. The molecule has 0 aliphatic rings. The summed E-state index contributed by atoms with van der Waals surface area (Å²) in [5.74, 6) is -0.615. The molecule has 7 heteroatoms. The molecule has 220 valence electrons. The van der Waals surface area contributed by atoms with Crippen molar-refractivity contribution in [2.24, 2.45) is 0 Å². The van der Waals surface area contributed by atoms with E-state index in [4.69, 9.17) is 18.9 Å². The van der Waals surface area contributed by atoms with Gasteiger partial charge in [0.2, 0.25) is 0 Å². The number of benzene rings is 5. The van der Waals surface area contributed by atoms with Crippen LogP contribution in [0.1, 0.15) is 42.2 Å². The second kappa shape index (κ2) is 15.0. The molecule has 0 heterocycles. The number of carbonyl (C=O) groups is 3. The number of para-hydroxylation sites is 1. The molecule has 0 radical (unpaired) electrons. The van der Waals surface area contributed by atoms with Crippen LogP contribution in [-0.2, 0) is 20.6 Å². The van der Waals surface area contributed by atoms with Gasteiger partial charge in [0.25, 0.3) is 0 Å². The largest absolute Gasteiger partial charge is 0.458 e. The van der Waals surface area contributed by atoms with E-state index in [9.17, 15) is 14.4 Å². The lowest BCUT2D eigenvalue weighted by Gasteiger charge is -2.18. The van der Waals surface area contributed by atoms with Gasteiger partial charge in [-0.25, -0.2) is 14.4 Å². The quantitative estimate of drug-likeness (QED) is 0.112. The van der Waals surface area contributed by atoms with E-state index >= 15 is 0 Å². The molecule has 0 bridgehead atoms. The molecule has 0 aliphatic carbocycles. The van der Waals surface area contributed by atoms with Gasteiger partial charge < -0.3 is 18.9 Å². The molecule has 0 aliphatic heterocycles. The normalized spacial score (nSPS) is 11.2. The van der Waals surface area contributed by atoms with E-state index in [1.54, 1.807) is 66.7 Å². The Morgan fingerprint density at radius 2 is 0.886 bits per heavy atom. The van der Waals surface area contributed by atoms with Gasteiger partial charge in [0.1, 0.15) is 24.7 Å². The molecule has 0 saturated carbocycles. The fourth-order valence-corrected chi connectivity index (χ4v) is 4.29. The highest BCUT2D eigenvalue weighted by Gasteiger charge is 2.21. The van der Waals surface area contributed by atoms with E-state index in [2.05, 4.69) is 0 Å². The molecular weight excluding hydrogens is 556 g/mol. The number of esters is 3. The molecule has 5 rings (SSSR count). The summed E-state index contributed by atoms with van der Waals surface area (Å²) in [4.78, 5) is 38.3. The summed E-state index contributed by atoms with van der Waals surface area (Å²) in [5.41, 5.74) is 3.17. The van der Waals surface area contributed by atoms with Crippen LogP contribution in [0.2, 0.25) is 0 Å². The molecule has 7 nitrogen and oxygen atoms in total. The van der Waals surface area contributed by atoms with Gasteiger partial charge >= 0.3 is 17.9 Å². The molecule has 44 heavy (non-hydrogen) atoms. The van der Waals surface area contributed by atoms with Gasteiger partial charge in [-0.1, -0.05) is 78.9 Å². The predicted octanol–water partition coefficient (Wildman–Crippen LogP) is 7.31. The molecule has 5 aromatic carbocycles. The molecular formula is C37H30O7. The number of rotatable bonds is 12. The third-order valence-corrected chi connectivity index (χ3v) is 6.59. The number of hydrogen-bond donors (Lipinski definition) is 0. The first-order chi connectivity index (χ1) is 21.5. The van der Waals surface area contributed by atoms with Gasteiger partial charge in [-0.2, -0.15) is 0 Å². The Bertz CT molecular complexity index is 1550. The summed E-state index contributed by atoms with van der Waals surface area (Å²) in [6.45, 7) is -0.622. The van der Waals surface area contributed by atoms with Gasteiger partial charge in [-0.05, 0) is 78.2 Å². The van der Waals surface area contributed by atoms with Crippen LogP contribution in [0.4, 0.5) is 0 Å². The van der Waals surface area contributed by atoms with Crippen molar-refractivity contribution in [2.45, 2.75) is 12.5 Å². The first kappa shape index (κ1) is 29.8. The first-order valence-electron chi connectivity index (χ1n) is 14.1. The fraction of sp³-hybridized carbons (Fsp3) is 0.108. The van der Waals surface area contributed by atoms with Crippen LogP contribution in [0, 0.1) is 0 Å². The predicted molar refractivity (Wildman–Crippen MR) is 165 cm³/mol. The highest BCUT2D eigenvalue weighted by atomic mass is 16.6. The van der Waals surface area contributed by atoms with E-state index in [-0.39, 0.29) is 18.8 Å². The summed E-state index contributed by atoms with van der Waals surface area (Å²) < 4.78 is 22.2. The number of carbonyl (C=O) groups excluding carboxylic acids is 3. The Morgan fingerprint density at radius 1 is 0.455 bits per heavy atom. The van der Waals surface area contributed by atoms with Gasteiger partial charge in [0, 0.05) is 0 Å². The number of ether oxygens (including phenoxy) is 4. The lowest BCUT2D eigenvalue weighted by molar-refractivity contribution is -0.0253. The standard InChI is InChI=1S/C37H30O7/c38-35(30-18-16-28(17-19-30)24-27-10-4-1-5-11-27)41-25-34(44-37(40)29-12-6-2-7-13-29)26-42-36(39)31-20-22-33(23-21-31)43-32-14-8-3-9-15-32/h1-23,34H,24-26H2. The van der Waals surface area contributed by atoms with Crippen LogP contribution in [0.5, 0.6) is 11.5 Å². The van der Waals surface area contributed by atoms with Crippen molar-refractivity contribution in [1.29, 1.82) is 0 Å². The Hall–Kier alpha value is -5.69. The summed E-state index contributed by atoms with van der Waals surface area (Å²) in [6.07, 6.45) is -0.296. The third-order valence-electron chi connectivity index (χ3n) is 6.59. The van der Waals surface area contributed by atoms with Gasteiger partial charge in [0.15, 0.2) is 6.10 Å². The minimum atomic E-state index is -1.03. The monoisotopic (exact) mass is 586 g/mol. The van der Waals surface area contributed by atoms with Crippen molar-refractivity contribution < 1.29 is 33.3 Å². The fourth-order valence-electron chi connectivity index (χ4n) is 4.29. The Kier molecular flexibility index (Phi) is 10.1. The van der Waals surface area contributed by atoms with Crippen LogP contribution < -0.4 is 4.74 Å². The maximum Gasteiger partial charge on any atom is 0.338 e. The zero-order valence-corrected chi connectivity index (χ0v) is 23.8. The molecule has 0 amide bonds. The first-order valence-corrected chi connectivity index (χ1v) is 14.1. The molecule has 1 atom stereocenters. The van der Waals surface area contributed by atoms with E-state index < -0.39 is 24.0 Å². The molecule has 0 saturated heterocycles. The van der Waals surface area contributed by atoms with E-state index in [1.165, 1.54) is 0 Å². The van der Waals surface area contributed by atoms with E-state index in [1.807, 2.05) is 72.8 Å². The van der Waals surface area contributed by atoms with Crippen LogP contribution in [-0.4, -0.2) is 37.2 Å². The minimum absolute atomic E-state index is 0.283. The molecule has 0 aromatic heterocycles. The highest BCUT2D eigenvalue weighted by Crippen LogP contribution is 2.21.